The number of aliphatic carboxylic acids is 5. The summed E-state index contributed by atoms with van der Waals surface area (Å²) >= 11 is 0. The third-order valence-electron chi connectivity index (χ3n) is 15.0. The van der Waals surface area contributed by atoms with Gasteiger partial charge in [-0.25, -0.2) is 14.4 Å². The molecule has 2 aliphatic heterocycles. The summed E-state index contributed by atoms with van der Waals surface area (Å²) in [4.78, 5) is 122. The van der Waals surface area contributed by atoms with Crippen molar-refractivity contribution < 1.29 is 78.9 Å². The molecule has 1 spiro atoms. The number of amides is 5. The van der Waals surface area contributed by atoms with E-state index in [2.05, 4.69) is 21.3 Å². The second-order valence-corrected chi connectivity index (χ2v) is 20.6. The van der Waals surface area contributed by atoms with Crippen molar-refractivity contribution in [1.82, 2.24) is 45.8 Å². The summed E-state index contributed by atoms with van der Waals surface area (Å²) in [5.41, 5.74) is 0.755. The molecule has 2 aromatic carbocycles. The quantitative estimate of drug-likeness (QED) is 0.0450. The number of aliphatic hydroxyl groups is 2. The Balaban J connectivity index is 1.13. The first-order valence-corrected chi connectivity index (χ1v) is 26.4. The Morgan fingerprint density at radius 3 is 1.53 bits per heavy atom. The van der Waals surface area contributed by atoms with E-state index in [4.69, 9.17) is 10.2 Å². The maximum absolute atomic E-state index is 14.0. The van der Waals surface area contributed by atoms with Crippen molar-refractivity contribution in [3.63, 3.8) is 0 Å². The van der Waals surface area contributed by atoms with E-state index in [1.807, 2.05) is 52.3 Å². The molecule has 25 nitrogen and oxygen atoms in total. The number of carboxylic acid groups (broad SMARTS) is 5. The van der Waals surface area contributed by atoms with Gasteiger partial charge < -0.3 is 61.9 Å². The van der Waals surface area contributed by atoms with Crippen LogP contribution in [-0.2, 0) is 44.8 Å². The molecule has 5 rings (SSSR count). The summed E-state index contributed by atoms with van der Waals surface area (Å²) in [6, 6.07) is 8.73. The fourth-order valence-electron chi connectivity index (χ4n) is 10.4. The molecule has 426 valence electrons. The highest BCUT2D eigenvalue weighted by Crippen LogP contribution is 2.46. The minimum absolute atomic E-state index is 0.0493. The number of hydrogen-bond donors (Lipinski definition) is 11. The number of fused-ring (bicyclic) bond motifs is 1. The Bertz CT molecular complexity index is 2310. The molecule has 77 heavy (non-hydrogen) atoms. The Morgan fingerprint density at radius 1 is 0.545 bits per heavy atom. The number of rotatable bonds is 25. The van der Waals surface area contributed by atoms with Gasteiger partial charge in [-0.2, -0.15) is 0 Å². The van der Waals surface area contributed by atoms with Gasteiger partial charge in [0.15, 0.2) is 6.29 Å². The molecule has 2 heterocycles. The molecular weight excluding hydrogens is 1010 g/mol. The number of urea groups is 1. The Hall–Kier alpha value is -6.51. The molecule has 1 aliphatic carbocycles. The lowest BCUT2D eigenvalue weighted by Gasteiger charge is -2.46. The van der Waals surface area contributed by atoms with Crippen molar-refractivity contribution in [2.24, 2.45) is 11.3 Å². The molecule has 5 amide bonds. The summed E-state index contributed by atoms with van der Waals surface area (Å²) in [5.74, 6) is -7.02. The van der Waals surface area contributed by atoms with Gasteiger partial charge in [0.25, 0.3) is 0 Å². The van der Waals surface area contributed by atoms with Crippen molar-refractivity contribution in [3.05, 3.63) is 48.0 Å². The molecule has 11 N–H and O–H groups in total. The third kappa shape index (κ3) is 21.1. The van der Waals surface area contributed by atoms with E-state index in [0.29, 0.717) is 58.5 Å². The minimum Gasteiger partial charge on any atom is -0.480 e. The minimum atomic E-state index is -1.79. The summed E-state index contributed by atoms with van der Waals surface area (Å²) in [5, 5.41) is 78.1. The van der Waals surface area contributed by atoms with Crippen molar-refractivity contribution in [1.29, 1.82) is 0 Å². The van der Waals surface area contributed by atoms with E-state index in [-0.39, 0.29) is 114 Å². The molecule has 2 aromatic rings. The van der Waals surface area contributed by atoms with Crippen LogP contribution < -0.4 is 21.3 Å². The van der Waals surface area contributed by atoms with Crippen LogP contribution in [0.15, 0.2) is 42.5 Å². The lowest BCUT2D eigenvalue weighted by Crippen LogP contribution is -2.52. The zero-order chi connectivity index (χ0) is 56.1. The second kappa shape index (κ2) is 30.4. The maximum Gasteiger partial charge on any atom is 0.326 e. The largest absolute Gasteiger partial charge is 0.480 e. The predicted octanol–water partition coefficient (Wildman–Crippen LogP) is -0.275. The van der Waals surface area contributed by atoms with Crippen LogP contribution in [0.1, 0.15) is 76.2 Å². The molecule has 0 bridgehead atoms. The molecule has 25 heteroatoms. The van der Waals surface area contributed by atoms with E-state index < -0.39 is 66.2 Å². The number of piperidine rings is 1. The number of likely N-dealkylation sites (tertiary alicyclic amines) is 1. The number of hydrogen-bond acceptors (Lipinski definition) is 15. The molecule has 3 fully saturated rings. The van der Waals surface area contributed by atoms with Gasteiger partial charge in [-0.15, -0.1) is 0 Å². The Morgan fingerprint density at radius 2 is 1.04 bits per heavy atom. The van der Waals surface area contributed by atoms with Crippen LogP contribution in [0.2, 0.25) is 0 Å². The highest BCUT2D eigenvalue weighted by atomic mass is 16.5. The van der Waals surface area contributed by atoms with Crippen LogP contribution in [-0.4, -0.2) is 236 Å². The van der Waals surface area contributed by atoms with Crippen molar-refractivity contribution in [3.8, 4) is 0 Å². The van der Waals surface area contributed by atoms with Crippen LogP contribution in [0.4, 0.5) is 4.79 Å². The number of nitrogens with one attached hydrogen (secondary N) is 4. The van der Waals surface area contributed by atoms with Crippen LogP contribution in [0.25, 0.3) is 10.8 Å². The number of carbonyl (C=O) groups excluding carboxylic acids is 4. The molecule has 0 aromatic heterocycles. The van der Waals surface area contributed by atoms with Gasteiger partial charge in [-0.3, -0.25) is 48.4 Å². The lowest BCUT2D eigenvalue weighted by atomic mass is 9.65. The van der Waals surface area contributed by atoms with Gasteiger partial charge in [0, 0.05) is 90.8 Å². The van der Waals surface area contributed by atoms with Crippen molar-refractivity contribution in [2.45, 2.75) is 101 Å². The topological polar surface area (TPSA) is 360 Å². The van der Waals surface area contributed by atoms with Crippen molar-refractivity contribution in [2.75, 3.05) is 98.2 Å². The molecular formula is C52H77N9O16. The van der Waals surface area contributed by atoms with Crippen LogP contribution in [0, 0.1) is 11.3 Å². The number of aliphatic hydroxyl groups excluding tert-OH is 1. The highest BCUT2D eigenvalue weighted by Gasteiger charge is 2.41. The van der Waals surface area contributed by atoms with Crippen LogP contribution >= 0.6 is 0 Å². The SMILES string of the molecule is O=C(O)CN1CCN(CC(=O)O)CCN(CC(=O)N2CCC3(CCC(C(=O)N[C@@H](Cc4ccc5ccccc5c4)C(=O)NCCCCC(NC(=O)N[C@@H](CCC(O)O)C(=O)O)C(=O)O)CC3)CC2)CCN(CC(=O)O)CC1. The van der Waals surface area contributed by atoms with Gasteiger partial charge in [-0.05, 0) is 86.0 Å². The van der Waals surface area contributed by atoms with E-state index >= 15 is 0 Å². The molecule has 3 atom stereocenters. The van der Waals surface area contributed by atoms with Gasteiger partial charge >= 0.3 is 35.9 Å². The highest BCUT2D eigenvalue weighted by molar-refractivity contribution is 5.89. The Labute approximate surface area is 446 Å². The Kier molecular flexibility index (Phi) is 24.2. The normalized spacial score (nSPS) is 18.8. The van der Waals surface area contributed by atoms with E-state index in [0.717, 1.165) is 42.0 Å². The van der Waals surface area contributed by atoms with Gasteiger partial charge in [0.05, 0.1) is 26.2 Å². The molecule has 2 saturated heterocycles. The first-order valence-electron chi connectivity index (χ1n) is 26.4. The van der Waals surface area contributed by atoms with Gasteiger partial charge in [-0.1, -0.05) is 42.5 Å². The zero-order valence-electron chi connectivity index (χ0n) is 43.6. The summed E-state index contributed by atoms with van der Waals surface area (Å²) < 4.78 is 0. The monoisotopic (exact) mass is 1080 g/mol. The first-order chi connectivity index (χ1) is 36.7. The van der Waals surface area contributed by atoms with E-state index in [9.17, 15) is 68.7 Å². The van der Waals surface area contributed by atoms with E-state index in [1.165, 1.54) is 0 Å². The fourth-order valence-corrected chi connectivity index (χ4v) is 10.4. The first kappa shape index (κ1) is 61.3. The third-order valence-corrected chi connectivity index (χ3v) is 15.0. The average Bonchev–Trinajstić information content (AvgIpc) is 3.37. The standard InChI is InChI=1S/C52H77N9O16/c62-42(31-57-21-23-58(32-44(65)66)25-27-60(34-46(69)70)28-26-59(24-22-57)33-45(67)68)61-19-16-52(17-20-61)14-12-37(13-15-52)47(71)54-41(30-35-8-9-36-5-1-2-6-38(36)29-35)48(72)53-18-4-3-7-39(49(73)74)55-51(77)56-40(50(75)76)10-11-43(63)64/h1-2,5-6,8-9,29,37,39-41,43,63-64H,3-4,7,10-28,30-34H2,(H,53,72)(H,54,71)(H,65,66)(H,67,68)(H,69,70)(H,73,74)(H,75,76)(H2,55,56,77)/t39?,40-,41-/m0/s1. The fraction of sp³-hybridized carbons (Fsp3) is 0.635. The number of unbranched alkanes of at least 4 members (excludes halogenated alkanes) is 1. The number of nitrogens with zero attached hydrogens (tertiary/aromatic N) is 5. The number of benzene rings is 2. The molecule has 1 unspecified atom stereocenters. The average molecular weight is 1080 g/mol. The molecule has 1 saturated carbocycles. The lowest BCUT2D eigenvalue weighted by molar-refractivity contribution is -0.141. The van der Waals surface area contributed by atoms with Crippen LogP contribution in [0.3, 0.4) is 0 Å². The molecule has 0 radical (unpaired) electrons. The van der Waals surface area contributed by atoms with Gasteiger partial charge in [0.1, 0.15) is 18.1 Å². The smallest absolute Gasteiger partial charge is 0.326 e. The molecule has 3 aliphatic rings. The maximum atomic E-state index is 14.0. The second-order valence-electron chi connectivity index (χ2n) is 20.6. The summed E-state index contributed by atoms with van der Waals surface area (Å²) in [7, 11) is 0. The van der Waals surface area contributed by atoms with E-state index in [1.54, 1.807) is 14.7 Å². The number of carboxylic acids is 5. The van der Waals surface area contributed by atoms with Gasteiger partial charge in [0.2, 0.25) is 17.7 Å². The van der Waals surface area contributed by atoms with Crippen LogP contribution in [0.5, 0.6) is 0 Å². The summed E-state index contributed by atoms with van der Waals surface area (Å²) in [6.45, 7) is 2.78. The summed E-state index contributed by atoms with van der Waals surface area (Å²) in [6.07, 6.45) is 2.45. The zero-order valence-corrected chi connectivity index (χ0v) is 43.6. The van der Waals surface area contributed by atoms with Crippen molar-refractivity contribution >= 4 is 64.4 Å². The number of carbonyl (C=O) groups is 9. The predicted molar refractivity (Wildman–Crippen MR) is 277 cm³/mol.